The molecule has 0 saturated heterocycles. The summed E-state index contributed by atoms with van der Waals surface area (Å²) in [5.74, 6) is 0. The predicted octanol–water partition coefficient (Wildman–Crippen LogP) is -0.429. The molecule has 0 unspecified atom stereocenters. The summed E-state index contributed by atoms with van der Waals surface area (Å²) < 4.78 is 0. The summed E-state index contributed by atoms with van der Waals surface area (Å²) in [6.07, 6.45) is 15.3. The Morgan fingerprint density at radius 2 is 0.600 bits per heavy atom. The van der Waals surface area contributed by atoms with Gasteiger partial charge in [0.15, 0.2) is 0 Å². The maximum Gasteiger partial charge on any atom is 0.0809 e. The van der Waals surface area contributed by atoms with Gasteiger partial charge in [0.25, 0.3) is 0 Å². The zero-order valence-corrected chi connectivity index (χ0v) is 17.7. The Balaban J connectivity index is 2.94. The molecule has 25 heavy (non-hydrogen) atoms. The average Bonchev–Trinajstić information content (AvgIpc) is 2.63. The minimum absolute atomic E-state index is 1.32. The van der Waals surface area contributed by atoms with Gasteiger partial charge in [-0.15, -0.1) is 0 Å². The fourth-order valence-corrected chi connectivity index (χ4v) is 3.22. The molecule has 0 aliphatic carbocycles. The van der Waals surface area contributed by atoms with Crippen molar-refractivity contribution in [2.45, 2.75) is 84.5 Å². The van der Waals surface area contributed by atoms with E-state index in [-0.39, 0.29) is 0 Å². The molecule has 0 aromatic carbocycles. The lowest BCUT2D eigenvalue weighted by Gasteiger charge is -2.04. The Hall–Kier alpha value is -0.160. The number of quaternary nitrogens is 4. The van der Waals surface area contributed by atoms with E-state index in [1.807, 2.05) is 0 Å². The van der Waals surface area contributed by atoms with Crippen LogP contribution in [0.1, 0.15) is 84.5 Å². The lowest BCUT2D eigenvalue weighted by atomic mass is 10.2. The Morgan fingerprint density at radius 3 is 1.00 bits per heavy atom. The molecule has 0 aliphatic heterocycles. The number of hydrogen-bond acceptors (Lipinski definition) is 0. The van der Waals surface area contributed by atoms with Crippen LogP contribution in [0.4, 0.5) is 0 Å². The second-order valence-corrected chi connectivity index (χ2v) is 7.65. The topological polar surface area (TPSA) is 66.4 Å². The minimum atomic E-state index is 1.32. The molecule has 0 fully saturated rings. The SMILES string of the molecule is CCCCCC[NH2+]CCC[NH2+]CCCC[NH2+]CCC[NH2+]CCCCC. The van der Waals surface area contributed by atoms with Gasteiger partial charge in [-0.05, 0) is 25.7 Å². The van der Waals surface area contributed by atoms with Crippen LogP contribution in [0.3, 0.4) is 0 Å². The minimum Gasteiger partial charge on any atom is -0.346 e. The maximum atomic E-state index is 2.52. The van der Waals surface area contributed by atoms with Gasteiger partial charge in [-0.25, -0.2) is 0 Å². The van der Waals surface area contributed by atoms with Crippen molar-refractivity contribution in [3.8, 4) is 0 Å². The van der Waals surface area contributed by atoms with E-state index >= 15 is 0 Å². The molecule has 0 aliphatic rings. The molecular formula is C21H52N4+4. The van der Waals surface area contributed by atoms with Gasteiger partial charge in [-0.2, -0.15) is 0 Å². The van der Waals surface area contributed by atoms with E-state index in [1.54, 1.807) is 0 Å². The van der Waals surface area contributed by atoms with Gasteiger partial charge < -0.3 is 21.3 Å². The summed E-state index contributed by atoms with van der Waals surface area (Å²) in [6.45, 7) is 15.2. The smallest absolute Gasteiger partial charge is 0.0809 e. The molecule has 0 aromatic rings. The first-order valence-corrected chi connectivity index (χ1v) is 11.7. The number of nitrogens with two attached hydrogens (primary N) is 4. The highest BCUT2D eigenvalue weighted by Gasteiger charge is 1.98. The lowest BCUT2D eigenvalue weighted by molar-refractivity contribution is -0.686. The maximum absolute atomic E-state index is 2.52. The first-order chi connectivity index (χ1) is 12.4. The van der Waals surface area contributed by atoms with Crippen molar-refractivity contribution < 1.29 is 21.3 Å². The monoisotopic (exact) mass is 360 g/mol. The Labute approximate surface area is 158 Å². The molecule has 152 valence electrons. The van der Waals surface area contributed by atoms with Crippen LogP contribution in [0.2, 0.25) is 0 Å². The fourth-order valence-electron chi connectivity index (χ4n) is 3.22. The van der Waals surface area contributed by atoms with E-state index in [4.69, 9.17) is 0 Å². The van der Waals surface area contributed by atoms with Crippen LogP contribution in [0, 0.1) is 0 Å². The third kappa shape index (κ3) is 23.8. The zero-order chi connectivity index (χ0) is 18.3. The summed E-state index contributed by atoms with van der Waals surface area (Å²) in [4.78, 5) is 0. The highest BCUT2D eigenvalue weighted by atomic mass is 14.9. The third-order valence-electron chi connectivity index (χ3n) is 4.97. The summed E-state index contributed by atoms with van der Waals surface area (Å²) >= 11 is 0. The van der Waals surface area contributed by atoms with Gasteiger partial charge >= 0.3 is 0 Å². The van der Waals surface area contributed by atoms with Crippen molar-refractivity contribution >= 4 is 0 Å². The zero-order valence-electron chi connectivity index (χ0n) is 17.7. The molecular weight excluding hydrogens is 308 g/mol. The number of unbranched alkanes of at least 4 members (excludes halogenated alkanes) is 6. The molecule has 0 amide bonds. The molecule has 0 atom stereocenters. The average molecular weight is 361 g/mol. The van der Waals surface area contributed by atoms with Crippen molar-refractivity contribution in [1.82, 2.24) is 0 Å². The van der Waals surface area contributed by atoms with Crippen molar-refractivity contribution in [3.63, 3.8) is 0 Å². The van der Waals surface area contributed by atoms with Crippen LogP contribution in [0.25, 0.3) is 0 Å². The van der Waals surface area contributed by atoms with Gasteiger partial charge in [0.1, 0.15) is 0 Å². The Bertz CT molecular complexity index is 202. The van der Waals surface area contributed by atoms with Crippen LogP contribution >= 0.6 is 0 Å². The molecule has 0 aromatic heterocycles. The van der Waals surface area contributed by atoms with Crippen LogP contribution in [-0.4, -0.2) is 52.4 Å². The van der Waals surface area contributed by atoms with Gasteiger partial charge in [-0.1, -0.05) is 33.1 Å². The molecule has 0 radical (unpaired) electrons. The van der Waals surface area contributed by atoms with Crippen molar-refractivity contribution in [2.24, 2.45) is 0 Å². The number of rotatable bonds is 22. The molecule has 8 N–H and O–H groups in total. The van der Waals surface area contributed by atoms with Crippen LogP contribution in [0.15, 0.2) is 0 Å². The van der Waals surface area contributed by atoms with Crippen LogP contribution in [-0.2, 0) is 0 Å². The first-order valence-electron chi connectivity index (χ1n) is 11.7. The largest absolute Gasteiger partial charge is 0.346 e. The van der Waals surface area contributed by atoms with Crippen LogP contribution in [0.5, 0.6) is 0 Å². The van der Waals surface area contributed by atoms with Crippen molar-refractivity contribution in [2.75, 3.05) is 52.4 Å². The van der Waals surface area contributed by atoms with Gasteiger partial charge in [-0.3, -0.25) is 0 Å². The summed E-state index contributed by atoms with van der Waals surface area (Å²) in [6, 6.07) is 0. The van der Waals surface area contributed by atoms with E-state index in [0.717, 1.165) is 0 Å². The van der Waals surface area contributed by atoms with E-state index in [9.17, 15) is 0 Å². The molecule has 0 heterocycles. The van der Waals surface area contributed by atoms with Gasteiger partial charge in [0.2, 0.25) is 0 Å². The van der Waals surface area contributed by atoms with E-state index in [0.29, 0.717) is 0 Å². The second kappa shape index (κ2) is 23.8. The molecule has 0 rings (SSSR count). The molecule has 4 nitrogen and oxygen atoms in total. The van der Waals surface area contributed by atoms with E-state index < -0.39 is 0 Å². The number of hydrogen-bond donors (Lipinski definition) is 4. The Kier molecular flexibility index (Phi) is 23.7. The third-order valence-corrected chi connectivity index (χ3v) is 4.97. The van der Waals surface area contributed by atoms with Crippen molar-refractivity contribution in [1.29, 1.82) is 0 Å². The first kappa shape index (κ1) is 24.8. The lowest BCUT2D eigenvalue weighted by Crippen LogP contribution is -2.89. The highest BCUT2D eigenvalue weighted by Crippen LogP contribution is 1.95. The molecule has 0 bridgehead atoms. The summed E-state index contributed by atoms with van der Waals surface area (Å²) in [5.41, 5.74) is 0. The Morgan fingerprint density at radius 1 is 0.320 bits per heavy atom. The summed E-state index contributed by atoms with van der Waals surface area (Å²) in [7, 11) is 0. The normalized spacial score (nSPS) is 11.3. The van der Waals surface area contributed by atoms with E-state index in [1.165, 1.54) is 123 Å². The summed E-state index contributed by atoms with van der Waals surface area (Å²) in [5, 5.41) is 10.1. The molecule has 4 heteroatoms. The quantitative estimate of drug-likeness (QED) is 0.189. The molecule has 0 spiro atoms. The standard InChI is InChI=1S/C21H48N4/c1-3-5-7-9-15-23-19-13-21-25-17-11-10-16-24-20-12-18-22-14-8-6-4-2/h22-25H,3-21H2,1-2H3/p+4. The predicted molar refractivity (Wildman–Crippen MR) is 109 cm³/mol. The second-order valence-electron chi connectivity index (χ2n) is 7.65. The van der Waals surface area contributed by atoms with Gasteiger partial charge in [0.05, 0.1) is 52.4 Å². The fraction of sp³-hybridized carbons (Fsp3) is 1.00. The van der Waals surface area contributed by atoms with Crippen LogP contribution < -0.4 is 21.3 Å². The van der Waals surface area contributed by atoms with Crippen molar-refractivity contribution in [3.05, 3.63) is 0 Å². The molecule has 0 saturated carbocycles. The highest BCUT2D eigenvalue weighted by molar-refractivity contribution is 4.38. The van der Waals surface area contributed by atoms with E-state index in [2.05, 4.69) is 35.1 Å². The van der Waals surface area contributed by atoms with Gasteiger partial charge in [0, 0.05) is 25.7 Å².